The highest BCUT2D eigenvalue weighted by Gasteiger charge is 2.14. The molecule has 0 saturated heterocycles. The first-order chi connectivity index (χ1) is 6.52. The fourth-order valence-corrected chi connectivity index (χ4v) is 1.51. The van der Waals surface area contributed by atoms with Crippen LogP contribution in [0, 0.1) is 0 Å². The van der Waals surface area contributed by atoms with Gasteiger partial charge in [0.05, 0.1) is 0 Å². The summed E-state index contributed by atoms with van der Waals surface area (Å²) in [4.78, 5) is 10.9. The molecule has 0 aromatic heterocycles. The number of nitrogens with one attached hydrogen (secondary N) is 2. The van der Waals surface area contributed by atoms with Crippen molar-refractivity contribution in [1.29, 1.82) is 0 Å². The topological polar surface area (TPSA) is 41.1 Å². The molecule has 0 unspecified atom stereocenters. The van der Waals surface area contributed by atoms with Gasteiger partial charge < -0.3 is 10.6 Å². The van der Waals surface area contributed by atoms with E-state index in [0.29, 0.717) is 6.42 Å². The second-order valence-corrected chi connectivity index (χ2v) is 4.34. The molecular weight excluding hydrogens is 176 g/mol. The van der Waals surface area contributed by atoms with Crippen LogP contribution < -0.4 is 10.6 Å². The maximum absolute atomic E-state index is 10.9. The minimum Gasteiger partial charge on any atom is -0.359 e. The largest absolute Gasteiger partial charge is 0.359 e. The van der Waals surface area contributed by atoms with E-state index in [1.165, 1.54) is 12.8 Å². The molecule has 0 fully saturated rings. The lowest BCUT2D eigenvalue weighted by Crippen LogP contribution is -2.39. The number of carbonyl (C=O) groups is 1. The Balaban J connectivity index is 3.48. The maximum Gasteiger partial charge on any atom is 0.219 e. The van der Waals surface area contributed by atoms with Gasteiger partial charge in [0.1, 0.15) is 0 Å². The van der Waals surface area contributed by atoms with Gasteiger partial charge >= 0.3 is 0 Å². The van der Waals surface area contributed by atoms with E-state index in [1.807, 2.05) is 0 Å². The van der Waals surface area contributed by atoms with Gasteiger partial charge in [-0.1, -0.05) is 13.3 Å². The second-order valence-electron chi connectivity index (χ2n) is 4.34. The van der Waals surface area contributed by atoms with Crippen LogP contribution >= 0.6 is 0 Å². The van der Waals surface area contributed by atoms with Crippen molar-refractivity contribution in [2.75, 3.05) is 13.6 Å². The van der Waals surface area contributed by atoms with E-state index in [2.05, 4.69) is 31.4 Å². The van der Waals surface area contributed by atoms with E-state index in [-0.39, 0.29) is 11.4 Å². The predicted octanol–water partition coefficient (Wildman–Crippen LogP) is 1.68. The third kappa shape index (κ3) is 6.89. The van der Waals surface area contributed by atoms with Crippen LogP contribution in [0.3, 0.4) is 0 Å². The lowest BCUT2D eigenvalue weighted by atomic mass is 9.99. The van der Waals surface area contributed by atoms with Crippen LogP contribution in [0.4, 0.5) is 0 Å². The van der Waals surface area contributed by atoms with Gasteiger partial charge in [0.25, 0.3) is 0 Å². The van der Waals surface area contributed by atoms with Crippen LogP contribution in [0.25, 0.3) is 0 Å². The van der Waals surface area contributed by atoms with E-state index < -0.39 is 0 Å². The Bertz CT molecular complexity index is 167. The Labute approximate surface area is 87.6 Å². The lowest BCUT2D eigenvalue weighted by Gasteiger charge is -2.25. The Morgan fingerprint density at radius 1 is 1.36 bits per heavy atom. The minimum absolute atomic E-state index is 0.125. The molecule has 3 nitrogen and oxygen atoms in total. The fraction of sp³-hybridized carbons (Fsp3) is 0.909. The van der Waals surface area contributed by atoms with Crippen LogP contribution in [0.5, 0.6) is 0 Å². The lowest BCUT2D eigenvalue weighted by molar-refractivity contribution is -0.120. The van der Waals surface area contributed by atoms with Crippen molar-refractivity contribution in [3.63, 3.8) is 0 Å². The SMILES string of the molecule is CCCC(C)(C)NCCCC(=O)NC. The molecule has 3 heteroatoms. The molecule has 0 aromatic rings. The number of hydrogen-bond acceptors (Lipinski definition) is 2. The first kappa shape index (κ1) is 13.4. The summed E-state index contributed by atoms with van der Waals surface area (Å²) in [5.74, 6) is 0.125. The van der Waals surface area contributed by atoms with Crippen molar-refractivity contribution < 1.29 is 4.79 Å². The Morgan fingerprint density at radius 3 is 2.50 bits per heavy atom. The summed E-state index contributed by atoms with van der Waals surface area (Å²) in [5, 5.41) is 6.08. The summed E-state index contributed by atoms with van der Waals surface area (Å²) in [5.41, 5.74) is 0.206. The summed E-state index contributed by atoms with van der Waals surface area (Å²) in [7, 11) is 1.68. The molecule has 0 radical (unpaired) electrons. The molecule has 0 spiro atoms. The molecule has 0 aliphatic heterocycles. The van der Waals surface area contributed by atoms with Crippen LogP contribution in [-0.4, -0.2) is 25.0 Å². The first-order valence-electron chi connectivity index (χ1n) is 5.47. The van der Waals surface area contributed by atoms with Crippen LogP contribution in [-0.2, 0) is 4.79 Å². The highest BCUT2D eigenvalue weighted by molar-refractivity contribution is 5.75. The average molecular weight is 200 g/mol. The molecule has 0 aromatic carbocycles. The molecule has 0 rings (SSSR count). The summed E-state index contributed by atoms with van der Waals surface area (Å²) in [6.45, 7) is 7.52. The van der Waals surface area contributed by atoms with Gasteiger partial charge in [0.15, 0.2) is 0 Å². The molecule has 0 aliphatic rings. The van der Waals surface area contributed by atoms with Crippen LogP contribution in [0.1, 0.15) is 46.5 Å². The first-order valence-corrected chi connectivity index (χ1v) is 5.47. The normalized spacial score (nSPS) is 11.4. The number of carbonyl (C=O) groups excluding carboxylic acids is 1. The molecular formula is C11H24N2O. The average Bonchev–Trinajstić information content (AvgIpc) is 2.12. The Morgan fingerprint density at radius 2 is 2.00 bits per heavy atom. The molecule has 0 bridgehead atoms. The highest BCUT2D eigenvalue weighted by atomic mass is 16.1. The van der Waals surface area contributed by atoms with Gasteiger partial charge in [-0.05, 0) is 33.2 Å². The standard InChI is InChI=1S/C11H24N2O/c1-5-8-11(2,3)13-9-6-7-10(14)12-4/h13H,5-9H2,1-4H3,(H,12,14). The summed E-state index contributed by atoms with van der Waals surface area (Å²) >= 11 is 0. The van der Waals surface area contributed by atoms with Gasteiger partial charge in [-0.3, -0.25) is 4.79 Å². The predicted molar refractivity (Wildman–Crippen MR) is 60.3 cm³/mol. The van der Waals surface area contributed by atoms with Crippen molar-refractivity contribution in [3.8, 4) is 0 Å². The zero-order valence-corrected chi connectivity index (χ0v) is 9.94. The zero-order chi connectivity index (χ0) is 11.0. The molecule has 1 amide bonds. The van der Waals surface area contributed by atoms with Crippen molar-refractivity contribution in [1.82, 2.24) is 10.6 Å². The molecule has 14 heavy (non-hydrogen) atoms. The quantitative estimate of drug-likeness (QED) is 0.614. The van der Waals surface area contributed by atoms with Gasteiger partial charge in [-0.2, -0.15) is 0 Å². The van der Waals surface area contributed by atoms with Crippen LogP contribution in [0.2, 0.25) is 0 Å². The monoisotopic (exact) mass is 200 g/mol. The fourth-order valence-electron chi connectivity index (χ4n) is 1.51. The van der Waals surface area contributed by atoms with Crippen molar-refractivity contribution in [2.24, 2.45) is 0 Å². The summed E-state index contributed by atoms with van der Waals surface area (Å²) in [6.07, 6.45) is 3.89. The third-order valence-corrected chi connectivity index (χ3v) is 2.34. The van der Waals surface area contributed by atoms with E-state index in [0.717, 1.165) is 13.0 Å². The van der Waals surface area contributed by atoms with Crippen molar-refractivity contribution in [2.45, 2.75) is 52.0 Å². The van der Waals surface area contributed by atoms with Gasteiger partial charge in [-0.15, -0.1) is 0 Å². The highest BCUT2D eigenvalue weighted by Crippen LogP contribution is 2.10. The van der Waals surface area contributed by atoms with E-state index in [9.17, 15) is 4.79 Å². The smallest absolute Gasteiger partial charge is 0.219 e. The summed E-state index contributed by atoms with van der Waals surface area (Å²) < 4.78 is 0. The molecule has 0 heterocycles. The Kier molecular flexibility index (Phi) is 6.54. The number of rotatable bonds is 7. The van der Waals surface area contributed by atoms with Crippen LogP contribution in [0.15, 0.2) is 0 Å². The van der Waals surface area contributed by atoms with Gasteiger partial charge in [0.2, 0.25) is 5.91 Å². The second kappa shape index (κ2) is 6.82. The third-order valence-electron chi connectivity index (χ3n) is 2.34. The van der Waals surface area contributed by atoms with E-state index in [4.69, 9.17) is 0 Å². The van der Waals surface area contributed by atoms with Gasteiger partial charge in [-0.25, -0.2) is 0 Å². The minimum atomic E-state index is 0.125. The van der Waals surface area contributed by atoms with Crippen molar-refractivity contribution in [3.05, 3.63) is 0 Å². The van der Waals surface area contributed by atoms with Crippen molar-refractivity contribution >= 4 is 5.91 Å². The molecule has 0 atom stereocenters. The zero-order valence-electron chi connectivity index (χ0n) is 9.94. The van der Waals surface area contributed by atoms with Gasteiger partial charge in [0, 0.05) is 19.0 Å². The maximum atomic E-state index is 10.9. The molecule has 0 saturated carbocycles. The molecule has 84 valence electrons. The number of amides is 1. The Hall–Kier alpha value is -0.570. The number of hydrogen-bond donors (Lipinski definition) is 2. The molecule has 0 aliphatic carbocycles. The van der Waals surface area contributed by atoms with E-state index in [1.54, 1.807) is 7.05 Å². The molecule has 2 N–H and O–H groups in total. The summed E-state index contributed by atoms with van der Waals surface area (Å²) in [6, 6.07) is 0. The van der Waals surface area contributed by atoms with E-state index >= 15 is 0 Å².